The third-order valence-corrected chi connectivity index (χ3v) is 8.19. The van der Waals surface area contributed by atoms with Gasteiger partial charge >= 0.3 is 0 Å². The fourth-order valence-electron chi connectivity index (χ4n) is 4.19. The van der Waals surface area contributed by atoms with Crippen molar-refractivity contribution in [3.05, 3.63) is 92.7 Å². The molecule has 190 valence electrons. The molecule has 0 spiro atoms. The topological polar surface area (TPSA) is 102 Å². The van der Waals surface area contributed by atoms with Crippen molar-refractivity contribution in [1.82, 2.24) is 10.1 Å². The first-order chi connectivity index (χ1) is 17.5. The Hall–Kier alpha value is -2.91. The van der Waals surface area contributed by atoms with E-state index in [-0.39, 0.29) is 17.2 Å². The Balaban J connectivity index is 1.33. The minimum absolute atomic E-state index is 0.0568. The highest BCUT2D eigenvalue weighted by molar-refractivity contribution is 7.90. The molecule has 0 aliphatic heterocycles. The molecule has 0 bridgehead atoms. The molecule has 1 aliphatic carbocycles. The molecule has 1 saturated carbocycles. The van der Waals surface area contributed by atoms with Crippen LogP contribution in [0.25, 0.3) is 11.5 Å². The lowest BCUT2D eigenvalue weighted by molar-refractivity contribution is -0.115. The largest absolute Gasteiger partial charge is 0.334 e. The molecule has 37 heavy (non-hydrogen) atoms. The average molecular weight is 577 g/mol. The lowest BCUT2D eigenvalue weighted by Gasteiger charge is -2.17. The summed E-state index contributed by atoms with van der Waals surface area (Å²) in [6, 6.07) is 16.6. The van der Waals surface area contributed by atoms with E-state index in [0.717, 1.165) is 24.7 Å². The van der Waals surface area contributed by atoms with Crippen LogP contribution in [-0.4, -0.2) is 30.7 Å². The first kappa shape index (κ1) is 25.7. The van der Waals surface area contributed by atoms with Gasteiger partial charge in [0.15, 0.2) is 15.7 Å². The number of aromatic nitrogens is 2. The number of benzene rings is 3. The third kappa shape index (κ3) is 5.38. The number of sulfone groups is 1. The van der Waals surface area contributed by atoms with E-state index < -0.39 is 15.3 Å². The smallest absolute Gasteiger partial charge is 0.257 e. The molecule has 3 aromatic carbocycles. The SMILES string of the molecule is CS(=O)(=O)c1ccc(CC(=O)Nc2cc(Cl)c(C3(c4noc(-c5ccc(Cl)cc5)n4)CC3)c(Cl)c2)cc1. The van der Waals surface area contributed by atoms with Crippen molar-refractivity contribution in [1.29, 1.82) is 0 Å². The van der Waals surface area contributed by atoms with Gasteiger partial charge in [-0.05, 0) is 66.9 Å². The number of nitrogens with one attached hydrogen (secondary N) is 1. The number of nitrogens with zero attached hydrogens (tertiary/aromatic N) is 2. The molecule has 0 radical (unpaired) electrons. The zero-order valence-electron chi connectivity index (χ0n) is 19.5. The van der Waals surface area contributed by atoms with E-state index in [2.05, 4.69) is 15.5 Å². The summed E-state index contributed by atoms with van der Waals surface area (Å²) in [5, 5.41) is 8.38. The van der Waals surface area contributed by atoms with Gasteiger partial charge in [-0.25, -0.2) is 8.42 Å². The van der Waals surface area contributed by atoms with E-state index in [0.29, 0.717) is 43.6 Å². The highest BCUT2D eigenvalue weighted by Gasteiger charge is 2.52. The van der Waals surface area contributed by atoms with Crippen molar-refractivity contribution in [2.45, 2.75) is 29.6 Å². The second-order valence-electron chi connectivity index (χ2n) is 8.97. The second kappa shape index (κ2) is 9.76. The predicted molar refractivity (Wildman–Crippen MR) is 143 cm³/mol. The van der Waals surface area contributed by atoms with Gasteiger partial charge in [0.1, 0.15) is 0 Å². The van der Waals surface area contributed by atoms with Crippen LogP contribution in [0.1, 0.15) is 29.8 Å². The minimum Gasteiger partial charge on any atom is -0.334 e. The second-order valence-corrected chi connectivity index (χ2v) is 12.2. The molecular formula is C26H20Cl3N3O4S. The maximum absolute atomic E-state index is 12.6. The monoisotopic (exact) mass is 575 g/mol. The highest BCUT2D eigenvalue weighted by Crippen LogP contribution is 2.57. The number of carbonyl (C=O) groups excluding carboxylic acids is 1. The predicted octanol–water partition coefficient (Wildman–Crippen LogP) is 6.36. The number of hydrogen-bond acceptors (Lipinski definition) is 6. The molecule has 1 amide bonds. The van der Waals surface area contributed by atoms with E-state index in [1.54, 1.807) is 48.5 Å². The molecule has 5 rings (SSSR count). The molecule has 7 nitrogen and oxygen atoms in total. The van der Waals surface area contributed by atoms with Crippen LogP contribution in [0.15, 0.2) is 70.1 Å². The van der Waals surface area contributed by atoms with Crippen LogP contribution in [0.4, 0.5) is 5.69 Å². The summed E-state index contributed by atoms with van der Waals surface area (Å²) < 4.78 is 28.7. The molecule has 1 aliphatic rings. The molecule has 0 atom stereocenters. The Kier molecular flexibility index (Phi) is 6.79. The normalized spacial score (nSPS) is 14.4. The maximum Gasteiger partial charge on any atom is 0.257 e. The Labute approximate surface area is 228 Å². The first-order valence-corrected chi connectivity index (χ1v) is 14.3. The third-order valence-electron chi connectivity index (χ3n) is 6.22. The van der Waals surface area contributed by atoms with Crippen molar-refractivity contribution in [2.75, 3.05) is 11.6 Å². The molecule has 1 N–H and O–H groups in total. The van der Waals surface area contributed by atoms with Gasteiger partial charge in [-0.2, -0.15) is 4.98 Å². The van der Waals surface area contributed by atoms with Gasteiger partial charge in [-0.3, -0.25) is 4.79 Å². The molecular weight excluding hydrogens is 557 g/mol. The van der Waals surface area contributed by atoms with E-state index in [1.807, 2.05) is 0 Å². The van der Waals surface area contributed by atoms with Crippen molar-refractivity contribution < 1.29 is 17.7 Å². The molecule has 0 unspecified atom stereocenters. The number of anilines is 1. The van der Waals surface area contributed by atoms with Gasteiger partial charge in [-0.1, -0.05) is 52.1 Å². The van der Waals surface area contributed by atoms with Crippen LogP contribution < -0.4 is 5.32 Å². The minimum atomic E-state index is -3.30. The van der Waals surface area contributed by atoms with Crippen molar-refractivity contribution >= 4 is 56.2 Å². The van der Waals surface area contributed by atoms with Crippen LogP contribution >= 0.6 is 34.8 Å². The molecule has 1 heterocycles. The van der Waals surface area contributed by atoms with Gasteiger partial charge in [-0.15, -0.1) is 0 Å². The van der Waals surface area contributed by atoms with Crippen LogP contribution in [-0.2, 0) is 26.5 Å². The van der Waals surface area contributed by atoms with Crippen LogP contribution in [0.2, 0.25) is 15.1 Å². The van der Waals surface area contributed by atoms with Crippen LogP contribution in [0.5, 0.6) is 0 Å². The quantitative estimate of drug-likeness (QED) is 0.275. The summed E-state index contributed by atoms with van der Waals surface area (Å²) in [6.45, 7) is 0. The maximum atomic E-state index is 12.6. The van der Waals surface area contributed by atoms with Gasteiger partial charge in [0.2, 0.25) is 5.91 Å². The van der Waals surface area contributed by atoms with E-state index >= 15 is 0 Å². The fourth-order valence-corrected chi connectivity index (χ4v) is 5.79. The Morgan fingerprint density at radius 3 is 2.19 bits per heavy atom. The summed E-state index contributed by atoms with van der Waals surface area (Å²) in [5.74, 6) is 0.577. The Bertz CT molecular complexity index is 1570. The van der Waals surface area contributed by atoms with E-state index in [4.69, 9.17) is 39.3 Å². The standard InChI is InChI=1S/C26H20Cl3N3O4S/c1-37(34,35)19-8-2-15(3-9-19)12-22(33)30-18-13-20(28)23(21(29)14-18)26(10-11-26)25-31-24(36-32-25)16-4-6-17(27)7-5-16/h2-9,13-14H,10-12H2,1H3,(H,30,33). The Morgan fingerprint density at radius 1 is 1.00 bits per heavy atom. The molecule has 11 heteroatoms. The van der Waals surface area contributed by atoms with E-state index in [9.17, 15) is 13.2 Å². The number of amides is 1. The summed E-state index contributed by atoms with van der Waals surface area (Å²) in [5.41, 5.74) is 1.99. The summed E-state index contributed by atoms with van der Waals surface area (Å²) in [7, 11) is -3.30. The van der Waals surface area contributed by atoms with Gasteiger partial charge < -0.3 is 9.84 Å². The fraction of sp³-hybridized carbons (Fsp3) is 0.192. The lowest BCUT2D eigenvalue weighted by Crippen LogP contribution is -2.16. The zero-order chi connectivity index (χ0) is 26.4. The number of rotatable bonds is 7. The highest BCUT2D eigenvalue weighted by atomic mass is 35.5. The summed E-state index contributed by atoms with van der Waals surface area (Å²) >= 11 is 19.3. The molecule has 1 fully saturated rings. The summed E-state index contributed by atoms with van der Waals surface area (Å²) in [4.78, 5) is 17.4. The van der Waals surface area contributed by atoms with Crippen molar-refractivity contribution in [2.24, 2.45) is 0 Å². The van der Waals surface area contributed by atoms with Crippen molar-refractivity contribution in [3.63, 3.8) is 0 Å². The van der Waals surface area contributed by atoms with Crippen LogP contribution in [0, 0.1) is 0 Å². The van der Waals surface area contributed by atoms with Gasteiger partial charge in [0, 0.05) is 38.1 Å². The van der Waals surface area contributed by atoms with Crippen LogP contribution in [0.3, 0.4) is 0 Å². The first-order valence-electron chi connectivity index (χ1n) is 11.2. The van der Waals surface area contributed by atoms with Gasteiger partial charge in [0.25, 0.3) is 5.89 Å². The summed E-state index contributed by atoms with van der Waals surface area (Å²) in [6.07, 6.45) is 2.69. The zero-order valence-corrected chi connectivity index (χ0v) is 22.5. The molecule has 1 aromatic heterocycles. The lowest BCUT2D eigenvalue weighted by atomic mass is 9.94. The molecule has 4 aromatic rings. The van der Waals surface area contributed by atoms with Gasteiger partial charge in [0.05, 0.1) is 16.7 Å². The van der Waals surface area contributed by atoms with Crippen molar-refractivity contribution in [3.8, 4) is 11.5 Å². The number of hydrogen-bond donors (Lipinski definition) is 1. The average Bonchev–Trinajstić information content (AvgIpc) is 3.45. The number of halogens is 3. The molecule has 0 saturated heterocycles. The Morgan fingerprint density at radius 2 is 1.62 bits per heavy atom. The number of carbonyl (C=O) groups is 1. The van der Waals surface area contributed by atoms with E-state index in [1.165, 1.54) is 12.1 Å².